The molecule has 1 atom stereocenters. The maximum atomic E-state index is 2.45. The molecule has 0 spiro atoms. The first-order valence-electron chi connectivity index (χ1n) is 6.94. The van der Waals surface area contributed by atoms with Crippen molar-refractivity contribution in [1.29, 1.82) is 0 Å². The standard InChI is InChI=1S/C17H20N2/c1-4-18-14(3)19(15-8-6-5-7-9-15)17-12-13(2)10-11-16(17)18/h5-12,14H,4H2,1-3H3/t14-/m1/s1. The normalized spacial score (nSPS) is 17.7. The third-order valence-electron chi connectivity index (χ3n) is 3.90. The smallest absolute Gasteiger partial charge is 0.104 e. The van der Waals surface area contributed by atoms with Crippen molar-refractivity contribution >= 4 is 17.1 Å². The van der Waals surface area contributed by atoms with Gasteiger partial charge in [-0.1, -0.05) is 24.3 Å². The molecule has 1 aliphatic rings. The van der Waals surface area contributed by atoms with Gasteiger partial charge in [0, 0.05) is 12.2 Å². The van der Waals surface area contributed by atoms with E-state index in [2.05, 4.69) is 79.1 Å². The first-order valence-corrected chi connectivity index (χ1v) is 6.94. The molecular weight excluding hydrogens is 232 g/mol. The first-order chi connectivity index (χ1) is 9.22. The zero-order valence-electron chi connectivity index (χ0n) is 11.8. The number of nitrogens with zero attached hydrogens (tertiary/aromatic N) is 2. The number of para-hydroxylation sites is 1. The van der Waals surface area contributed by atoms with Gasteiger partial charge < -0.3 is 9.80 Å². The average Bonchev–Trinajstić information content (AvgIpc) is 2.70. The average molecular weight is 252 g/mol. The van der Waals surface area contributed by atoms with Crippen LogP contribution in [-0.4, -0.2) is 12.7 Å². The molecule has 0 aliphatic carbocycles. The number of benzene rings is 2. The summed E-state index contributed by atoms with van der Waals surface area (Å²) in [6.45, 7) is 7.67. The maximum absolute atomic E-state index is 2.45. The molecule has 2 heteroatoms. The van der Waals surface area contributed by atoms with E-state index in [4.69, 9.17) is 0 Å². The monoisotopic (exact) mass is 252 g/mol. The van der Waals surface area contributed by atoms with Crippen molar-refractivity contribution in [2.45, 2.75) is 26.9 Å². The van der Waals surface area contributed by atoms with Gasteiger partial charge in [-0.15, -0.1) is 0 Å². The highest BCUT2D eigenvalue weighted by molar-refractivity contribution is 5.84. The van der Waals surface area contributed by atoms with Crippen LogP contribution in [0.3, 0.4) is 0 Å². The topological polar surface area (TPSA) is 6.48 Å². The lowest BCUT2D eigenvalue weighted by molar-refractivity contribution is 0.692. The fraction of sp³-hybridized carbons (Fsp3) is 0.294. The van der Waals surface area contributed by atoms with E-state index in [1.165, 1.54) is 22.6 Å². The molecule has 2 aromatic carbocycles. The van der Waals surface area contributed by atoms with Crippen molar-refractivity contribution in [2.24, 2.45) is 0 Å². The second-order valence-electron chi connectivity index (χ2n) is 5.12. The van der Waals surface area contributed by atoms with Gasteiger partial charge in [-0.25, -0.2) is 0 Å². The van der Waals surface area contributed by atoms with Gasteiger partial charge in [-0.2, -0.15) is 0 Å². The predicted octanol–water partition coefficient (Wildman–Crippen LogP) is 4.32. The van der Waals surface area contributed by atoms with Crippen LogP contribution >= 0.6 is 0 Å². The van der Waals surface area contributed by atoms with E-state index in [9.17, 15) is 0 Å². The van der Waals surface area contributed by atoms with Crippen LogP contribution in [0.1, 0.15) is 19.4 Å². The van der Waals surface area contributed by atoms with Crippen LogP contribution in [0.2, 0.25) is 0 Å². The third-order valence-corrected chi connectivity index (χ3v) is 3.90. The molecule has 0 saturated carbocycles. The lowest BCUT2D eigenvalue weighted by atomic mass is 10.1. The Morgan fingerprint density at radius 1 is 1.00 bits per heavy atom. The second kappa shape index (κ2) is 4.61. The molecule has 1 aliphatic heterocycles. The minimum Gasteiger partial charge on any atom is -0.350 e. The largest absolute Gasteiger partial charge is 0.350 e. The van der Waals surface area contributed by atoms with E-state index in [-0.39, 0.29) is 0 Å². The van der Waals surface area contributed by atoms with E-state index in [1.807, 2.05) is 0 Å². The van der Waals surface area contributed by atoms with Gasteiger partial charge >= 0.3 is 0 Å². The molecular formula is C17H20N2. The van der Waals surface area contributed by atoms with Crippen molar-refractivity contribution < 1.29 is 0 Å². The van der Waals surface area contributed by atoms with E-state index in [0.29, 0.717) is 6.17 Å². The molecule has 0 fully saturated rings. The summed E-state index contributed by atoms with van der Waals surface area (Å²) >= 11 is 0. The summed E-state index contributed by atoms with van der Waals surface area (Å²) in [4.78, 5) is 4.87. The molecule has 1 heterocycles. The Bertz CT molecular complexity index is 577. The first kappa shape index (κ1) is 12.1. The minimum absolute atomic E-state index is 0.365. The number of hydrogen-bond donors (Lipinski definition) is 0. The molecule has 0 saturated heterocycles. The lowest BCUT2D eigenvalue weighted by Gasteiger charge is -2.29. The van der Waals surface area contributed by atoms with E-state index in [1.54, 1.807) is 0 Å². The molecule has 0 bridgehead atoms. The van der Waals surface area contributed by atoms with Crippen LogP contribution in [-0.2, 0) is 0 Å². The van der Waals surface area contributed by atoms with E-state index < -0.39 is 0 Å². The molecule has 2 aromatic rings. The van der Waals surface area contributed by atoms with Crippen LogP contribution in [0.15, 0.2) is 48.5 Å². The summed E-state index contributed by atoms with van der Waals surface area (Å²) < 4.78 is 0. The van der Waals surface area contributed by atoms with E-state index in [0.717, 1.165) is 6.54 Å². The Kier molecular flexibility index (Phi) is 2.94. The highest BCUT2D eigenvalue weighted by Gasteiger charge is 2.32. The van der Waals surface area contributed by atoms with Crippen LogP contribution in [0.5, 0.6) is 0 Å². The van der Waals surface area contributed by atoms with Crippen LogP contribution in [0, 0.1) is 6.92 Å². The Morgan fingerprint density at radius 3 is 2.42 bits per heavy atom. The molecule has 98 valence electrons. The number of fused-ring (bicyclic) bond motifs is 1. The van der Waals surface area contributed by atoms with Crippen molar-refractivity contribution in [3.05, 3.63) is 54.1 Å². The number of anilines is 3. The predicted molar refractivity (Wildman–Crippen MR) is 82.2 cm³/mol. The van der Waals surface area contributed by atoms with Crippen LogP contribution < -0.4 is 9.80 Å². The lowest BCUT2D eigenvalue weighted by Crippen LogP contribution is -2.38. The molecule has 0 aromatic heterocycles. The molecule has 0 radical (unpaired) electrons. The van der Waals surface area contributed by atoms with Crippen molar-refractivity contribution in [2.75, 3.05) is 16.3 Å². The second-order valence-corrected chi connectivity index (χ2v) is 5.12. The van der Waals surface area contributed by atoms with Gasteiger partial charge in [0.1, 0.15) is 6.17 Å². The quantitative estimate of drug-likeness (QED) is 0.785. The zero-order valence-corrected chi connectivity index (χ0v) is 11.8. The third kappa shape index (κ3) is 1.88. The summed E-state index contributed by atoms with van der Waals surface area (Å²) in [5.74, 6) is 0. The number of aryl methyl sites for hydroxylation is 1. The van der Waals surface area contributed by atoms with Crippen molar-refractivity contribution in [1.82, 2.24) is 0 Å². The Morgan fingerprint density at radius 2 is 1.74 bits per heavy atom. The summed E-state index contributed by atoms with van der Waals surface area (Å²) in [5.41, 5.74) is 5.23. The Labute approximate surface area is 115 Å². The van der Waals surface area contributed by atoms with Gasteiger partial charge in [0.05, 0.1) is 11.4 Å². The van der Waals surface area contributed by atoms with Gasteiger partial charge in [0.25, 0.3) is 0 Å². The van der Waals surface area contributed by atoms with Gasteiger partial charge in [-0.3, -0.25) is 0 Å². The van der Waals surface area contributed by atoms with Gasteiger partial charge in [-0.05, 0) is 50.6 Å². The van der Waals surface area contributed by atoms with E-state index >= 15 is 0 Å². The van der Waals surface area contributed by atoms with Crippen molar-refractivity contribution in [3.63, 3.8) is 0 Å². The number of hydrogen-bond acceptors (Lipinski definition) is 2. The molecule has 19 heavy (non-hydrogen) atoms. The fourth-order valence-electron chi connectivity index (χ4n) is 2.99. The molecule has 0 N–H and O–H groups in total. The summed E-state index contributed by atoms with van der Waals surface area (Å²) in [7, 11) is 0. The maximum Gasteiger partial charge on any atom is 0.104 e. The SMILES string of the molecule is CCN1c2ccc(C)cc2N(c2ccccc2)[C@@H]1C. The van der Waals surface area contributed by atoms with Gasteiger partial charge in [0.2, 0.25) is 0 Å². The minimum atomic E-state index is 0.365. The summed E-state index contributed by atoms with van der Waals surface area (Å²) in [6.07, 6.45) is 0.365. The highest BCUT2D eigenvalue weighted by atomic mass is 15.4. The molecule has 0 unspecified atom stereocenters. The number of rotatable bonds is 2. The zero-order chi connectivity index (χ0) is 13.4. The van der Waals surface area contributed by atoms with Crippen LogP contribution in [0.4, 0.5) is 17.1 Å². The van der Waals surface area contributed by atoms with Crippen LogP contribution in [0.25, 0.3) is 0 Å². The summed E-state index contributed by atoms with van der Waals surface area (Å²) in [6, 6.07) is 17.4. The Hall–Kier alpha value is -1.96. The van der Waals surface area contributed by atoms with Crippen molar-refractivity contribution in [3.8, 4) is 0 Å². The highest BCUT2D eigenvalue weighted by Crippen LogP contribution is 2.44. The summed E-state index contributed by atoms with van der Waals surface area (Å²) in [5, 5.41) is 0. The van der Waals surface area contributed by atoms with Gasteiger partial charge in [0.15, 0.2) is 0 Å². The molecule has 2 nitrogen and oxygen atoms in total. The fourth-order valence-corrected chi connectivity index (χ4v) is 2.99. The molecule has 3 rings (SSSR count). The molecule has 0 amide bonds. The Balaban J connectivity index is 2.14.